The minimum atomic E-state index is -1.35. The van der Waals surface area contributed by atoms with Gasteiger partial charge in [0.05, 0.1) is 11.7 Å². The summed E-state index contributed by atoms with van der Waals surface area (Å²) in [4.78, 5) is 22.4. The van der Waals surface area contributed by atoms with Gasteiger partial charge in [-0.1, -0.05) is 0 Å². The molecule has 1 aliphatic rings. The summed E-state index contributed by atoms with van der Waals surface area (Å²) in [7, 11) is 0. The number of carboxylic acids is 1. The lowest BCUT2D eigenvalue weighted by Crippen LogP contribution is -2.34. The van der Waals surface area contributed by atoms with Crippen LogP contribution in [0.4, 0.5) is 10.1 Å². The van der Waals surface area contributed by atoms with E-state index in [1.165, 1.54) is 6.07 Å². The predicted octanol–water partition coefficient (Wildman–Crippen LogP) is 1.23. The number of nitrogens with one attached hydrogen (secondary N) is 2. The fourth-order valence-electron chi connectivity index (χ4n) is 2.12. The summed E-state index contributed by atoms with van der Waals surface area (Å²) in [6.45, 7) is 1.63. The van der Waals surface area contributed by atoms with Gasteiger partial charge in [0.2, 0.25) is 5.91 Å². The van der Waals surface area contributed by atoms with Crippen molar-refractivity contribution < 1.29 is 23.8 Å². The number of ether oxygens (including phenoxy) is 1. The van der Waals surface area contributed by atoms with Crippen molar-refractivity contribution in [2.75, 3.05) is 25.0 Å². The molecule has 0 radical (unpaired) electrons. The van der Waals surface area contributed by atoms with Gasteiger partial charge in [-0.25, -0.2) is 9.18 Å². The first-order chi connectivity index (χ1) is 10.1. The minimum Gasteiger partial charge on any atom is -0.478 e. The van der Waals surface area contributed by atoms with Crippen LogP contribution in [0.5, 0.6) is 0 Å². The Morgan fingerprint density at radius 1 is 1.38 bits per heavy atom. The lowest BCUT2D eigenvalue weighted by Gasteiger charge is -2.22. The van der Waals surface area contributed by atoms with E-state index in [1.54, 1.807) is 0 Å². The molecule has 1 fully saturated rings. The van der Waals surface area contributed by atoms with Gasteiger partial charge in [-0.15, -0.1) is 0 Å². The van der Waals surface area contributed by atoms with E-state index in [1.807, 2.05) is 0 Å². The first kappa shape index (κ1) is 15.4. The largest absolute Gasteiger partial charge is 0.478 e. The van der Waals surface area contributed by atoms with Crippen LogP contribution in [0.15, 0.2) is 18.2 Å². The number of hydrogen-bond donors (Lipinski definition) is 3. The SMILES string of the molecule is O=C(COC1CCNCC1)Nc1ccc(C(=O)O)c(F)c1. The molecule has 1 aliphatic heterocycles. The van der Waals surface area contributed by atoms with Gasteiger partial charge in [-0.3, -0.25) is 4.79 Å². The van der Waals surface area contributed by atoms with Crippen LogP contribution in [-0.4, -0.2) is 42.8 Å². The number of carboxylic acid groups (broad SMARTS) is 1. The fourth-order valence-corrected chi connectivity index (χ4v) is 2.12. The minimum absolute atomic E-state index is 0.0584. The molecule has 0 aliphatic carbocycles. The molecule has 0 unspecified atom stereocenters. The topological polar surface area (TPSA) is 87.7 Å². The van der Waals surface area contributed by atoms with Crippen LogP contribution in [0.25, 0.3) is 0 Å². The third-order valence-electron chi connectivity index (χ3n) is 3.22. The highest BCUT2D eigenvalue weighted by Gasteiger charge is 2.15. The van der Waals surface area contributed by atoms with Crippen LogP contribution in [0.2, 0.25) is 0 Å². The average Bonchev–Trinajstić information content (AvgIpc) is 2.46. The normalized spacial score (nSPS) is 15.7. The van der Waals surface area contributed by atoms with Gasteiger partial charge in [0.1, 0.15) is 12.4 Å². The molecule has 0 bridgehead atoms. The van der Waals surface area contributed by atoms with Gasteiger partial charge in [-0.2, -0.15) is 0 Å². The second kappa shape index (κ2) is 7.14. The fraction of sp³-hybridized carbons (Fsp3) is 0.429. The molecule has 1 saturated heterocycles. The number of amides is 1. The summed E-state index contributed by atoms with van der Waals surface area (Å²) in [5.74, 6) is -2.63. The van der Waals surface area contributed by atoms with Gasteiger partial charge in [-0.05, 0) is 44.1 Å². The van der Waals surface area contributed by atoms with E-state index in [0.717, 1.165) is 38.1 Å². The zero-order chi connectivity index (χ0) is 15.2. The Morgan fingerprint density at radius 2 is 2.10 bits per heavy atom. The highest BCUT2D eigenvalue weighted by Crippen LogP contribution is 2.15. The van der Waals surface area contributed by atoms with Gasteiger partial charge in [0, 0.05) is 5.69 Å². The number of hydrogen-bond acceptors (Lipinski definition) is 4. The van der Waals surface area contributed by atoms with Crippen molar-refractivity contribution in [1.82, 2.24) is 5.32 Å². The maximum Gasteiger partial charge on any atom is 0.338 e. The maximum atomic E-state index is 13.5. The van der Waals surface area contributed by atoms with E-state index in [9.17, 15) is 14.0 Å². The van der Waals surface area contributed by atoms with Crippen LogP contribution in [-0.2, 0) is 9.53 Å². The summed E-state index contributed by atoms with van der Waals surface area (Å²) in [6, 6.07) is 3.43. The summed E-state index contributed by atoms with van der Waals surface area (Å²) in [6.07, 6.45) is 1.77. The number of anilines is 1. The van der Waals surface area contributed by atoms with Crippen molar-refractivity contribution in [3.8, 4) is 0 Å². The molecule has 0 spiro atoms. The molecule has 114 valence electrons. The highest BCUT2D eigenvalue weighted by molar-refractivity contribution is 5.93. The van der Waals surface area contributed by atoms with E-state index in [2.05, 4.69) is 10.6 Å². The molecule has 6 nitrogen and oxygen atoms in total. The van der Waals surface area contributed by atoms with Gasteiger partial charge < -0.3 is 20.5 Å². The van der Waals surface area contributed by atoms with Crippen molar-refractivity contribution in [2.45, 2.75) is 18.9 Å². The van der Waals surface area contributed by atoms with Crippen LogP contribution >= 0.6 is 0 Å². The lowest BCUT2D eigenvalue weighted by atomic mass is 10.1. The number of halogens is 1. The van der Waals surface area contributed by atoms with E-state index in [-0.39, 0.29) is 18.4 Å². The first-order valence-electron chi connectivity index (χ1n) is 6.71. The van der Waals surface area contributed by atoms with Crippen molar-refractivity contribution in [3.05, 3.63) is 29.6 Å². The molecule has 1 amide bonds. The van der Waals surface area contributed by atoms with Crippen LogP contribution in [0.1, 0.15) is 23.2 Å². The van der Waals surface area contributed by atoms with Crippen molar-refractivity contribution in [3.63, 3.8) is 0 Å². The number of piperidine rings is 1. The molecule has 0 aromatic heterocycles. The van der Waals surface area contributed by atoms with Crippen molar-refractivity contribution in [2.24, 2.45) is 0 Å². The standard InChI is InChI=1S/C14H17FN2O4/c15-12-7-9(1-2-11(12)14(19)20)17-13(18)8-21-10-3-5-16-6-4-10/h1-2,7,10,16H,3-6,8H2,(H,17,18)(H,19,20). The molecule has 21 heavy (non-hydrogen) atoms. The summed E-state index contributed by atoms with van der Waals surface area (Å²) >= 11 is 0. The Labute approximate surface area is 121 Å². The highest BCUT2D eigenvalue weighted by atomic mass is 19.1. The van der Waals surface area contributed by atoms with E-state index in [4.69, 9.17) is 9.84 Å². The van der Waals surface area contributed by atoms with Crippen LogP contribution in [0.3, 0.4) is 0 Å². The number of benzene rings is 1. The molecule has 1 aromatic rings. The maximum absolute atomic E-state index is 13.5. The number of aromatic carboxylic acids is 1. The number of carbonyl (C=O) groups is 2. The Bertz CT molecular complexity index is 530. The summed E-state index contributed by atoms with van der Waals surface area (Å²) < 4.78 is 18.9. The Morgan fingerprint density at radius 3 is 2.71 bits per heavy atom. The number of rotatable bonds is 5. The molecule has 1 aromatic carbocycles. The molecule has 7 heteroatoms. The molecule has 1 heterocycles. The molecule has 0 atom stereocenters. The van der Waals surface area contributed by atoms with Crippen LogP contribution in [0, 0.1) is 5.82 Å². The quantitative estimate of drug-likeness (QED) is 0.760. The Kier molecular flexibility index (Phi) is 5.24. The van der Waals surface area contributed by atoms with Gasteiger partial charge in [0.15, 0.2) is 0 Å². The molecule has 0 saturated carbocycles. The third-order valence-corrected chi connectivity index (χ3v) is 3.22. The summed E-state index contributed by atoms with van der Waals surface area (Å²) in [5.41, 5.74) is -0.227. The second-order valence-corrected chi connectivity index (χ2v) is 4.81. The smallest absolute Gasteiger partial charge is 0.338 e. The van der Waals surface area contributed by atoms with Crippen molar-refractivity contribution >= 4 is 17.6 Å². The average molecular weight is 296 g/mol. The number of carbonyl (C=O) groups excluding carboxylic acids is 1. The Balaban J connectivity index is 1.84. The second-order valence-electron chi connectivity index (χ2n) is 4.81. The summed E-state index contributed by atoms with van der Waals surface area (Å²) in [5, 5.41) is 14.4. The van der Waals surface area contributed by atoms with E-state index < -0.39 is 23.3 Å². The molecular weight excluding hydrogens is 279 g/mol. The monoisotopic (exact) mass is 296 g/mol. The lowest BCUT2D eigenvalue weighted by molar-refractivity contribution is -0.123. The zero-order valence-corrected chi connectivity index (χ0v) is 11.4. The van der Waals surface area contributed by atoms with E-state index >= 15 is 0 Å². The third kappa shape index (κ3) is 4.51. The van der Waals surface area contributed by atoms with E-state index in [0.29, 0.717) is 0 Å². The molecule has 2 rings (SSSR count). The van der Waals surface area contributed by atoms with Crippen molar-refractivity contribution in [1.29, 1.82) is 0 Å². The van der Waals surface area contributed by atoms with Gasteiger partial charge >= 0.3 is 5.97 Å². The molecule has 3 N–H and O–H groups in total. The molecular formula is C14H17FN2O4. The first-order valence-corrected chi connectivity index (χ1v) is 6.71. The van der Waals surface area contributed by atoms with Crippen LogP contribution < -0.4 is 10.6 Å². The Hall–Kier alpha value is -1.99. The zero-order valence-electron chi connectivity index (χ0n) is 11.4. The van der Waals surface area contributed by atoms with Gasteiger partial charge in [0.25, 0.3) is 0 Å². The predicted molar refractivity (Wildman–Crippen MR) is 73.8 cm³/mol.